The zero-order valence-corrected chi connectivity index (χ0v) is 11.1. The Morgan fingerprint density at radius 1 is 1.24 bits per heavy atom. The van der Waals surface area contributed by atoms with Gasteiger partial charge in [0.15, 0.2) is 5.11 Å². The molecule has 3 N–H and O–H groups in total. The average Bonchev–Trinajstić information content (AvgIpc) is 2.25. The van der Waals surface area contributed by atoms with Gasteiger partial charge in [0, 0.05) is 18.8 Å². The van der Waals surface area contributed by atoms with Crippen LogP contribution in [-0.2, 0) is 10.0 Å². The lowest BCUT2D eigenvalue weighted by atomic mass is 10.3. The van der Waals surface area contributed by atoms with Gasteiger partial charge >= 0.3 is 0 Å². The van der Waals surface area contributed by atoms with E-state index in [9.17, 15) is 8.42 Å². The molecular formula is C10H15N3O2S2. The molecule has 0 fully saturated rings. The van der Waals surface area contributed by atoms with E-state index in [2.05, 4.69) is 15.4 Å². The maximum Gasteiger partial charge on any atom is 0.208 e. The van der Waals surface area contributed by atoms with E-state index in [1.165, 1.54) is 0 Å². The van der Waals surface area contributed by atoms with Crippen LogP contribution in [0.4, 0.5) is 5.69 Å². The van der Waals surface area contributed by atoms with Gasteiger partial charge in [0.25, 0.3) is 0 Å². The second-order valence-electron chi connectivity index (χ2n) is 3.41. The van der Waals surface area contributed by atoms with Crippen LogP contribution in [0.15, 0.2) is 30.3 Å². The van der Waals surface area contributed by atoms with Crippen molar-refractivity contribution in [2.24, 2.45) is 0 Å². The monoisotopic (exact) mass is 273 g/mol. The highest BCUT2D eigenvalue weighted by molar-refractivity contribution is 7.88. The molecule has 0 atom stereocenters. The second-order valence-corrected chi connectivity index (χ2v) is 5.65. The molecule has 0 aromatic heterocycles. The third-order valence-corrected chi connectivity index (χ3v) is 2.78. The first kappa shape index (κ1) is 13.9. The summed E-state index contributed by atoms with van der Waals surface area (Å²) >= 11 is 5.04. The highest BCUT2D eigenvalue weighted by Gasteiger charge is 1.99. The number of sulfonamides is 1. The second kappa shape index (κ2) is 6.53. The third-order valence-electron chi connectivity index (χ3n) is 1.81. The Bertz CT molecular complexity index is 460. The van der Waals surface area contributed by atoms with Crippen LogP contribution in [0.5, 0.6) is 0 Å². The van der Waals surface area contributed by atoms with Gasteiger partial charge in [-0.1, -0.05) is 18.2 Å². The van der Waals surface area contributed by atoms with Crippen molar-refractivity contribution < 1.29 is 8.42 Å². The number of benzene rings is 1. The van der Waals surface area contributed by atoms with E-state index >= 15 is 0 Å². The first-order chi connectivity index (χ1) is 7.97. The van der Waals surface area contributed by atoms with Gasteiger partial charge in [-0.25, -0.2) is 13.1 Å². The molecule has 1 rings (SSSR count). The molecule has 17 heavy (non-hydrogen) atoms. The standard InChI is InChI=1S/C10H15N3O2S2/c1-17(14,15)12-8-7-11-10(16)13-9-5-3-2-4-6-9/h2-6,12H,7-8H2,1H3,(H2,11,13,16). The van der Waals surface area contributed by atoms with E-state index in [0.29, 0.717) is 18.2 Å². The fourth-order valence-corrected chi connectivity index (χ4v) is 1.80. The van der Waals surface area contributed by atoms with E-state index in [-0.39, 0.29) is 0 Å². The first-order valence-corrected chi connectivity index (χ1v) is 7.32. The van der Waals surface area contributed by atoms with Crippen molar-refractivity contribution in [1.82, 2.24) is 10.0 Å². The van der Waals surface area contributed by atoms with E-state index in [0.717, 1.165) is 11.9 Å². The minimum atomic E-state index is -3.13. The summed E-state index contributed by atoms with van der Waals surface area (Å²) in [6, 6.07) is 9.50. The molecule has 5 nitrogen and oxygen atoms in total. The quantitative estimate of drug-likeness (QED) is 0.539. The van der Waals surface area contributed by atoms with Crippen molar-refractivity contribution >= 4 is 33.0 Å². The summed E-state index contributed by atoms with van der Waals surface area (Å²) in [7, 11) is -3.13. The maximum atomic E-state index is 10.8. The van der Waals surface area contributed by atoms with E-state index in [4.69, 9.17) is 12.2 Å². The summed E-state index contributed by atoms with van der Waals surface area (Å²) in [5, 5.41) is 6.34. The highest BCUT2D eigenvalue weighted by atomic mass is 32.2. The number of anilines is 1. The van der Waals surface area contributed by atoms with Crippen molar-refractivity contribution in [3.8, 4) is 0 Å². The number of hydrogen-bond donors (Lipinski definition) is 3. The van der Waals surface area contributed by atoms with E-state index in [1.54, 1.807) is 0 Å². The Hall–Kier alpha value is -1.18. The lowest BCUT2D eigenvalue weighted by molar-refractivity contribution is 0.587. The lowest BCUT2D eigenvalue weighted by Gasteiger charge is -2.10. The molecule has 1 aromatic rings. The Morgan fingerprint density at radius 3 is 2.47 bits per heavy atom. The number of para-hydroxylation sites is 1. The molecule has 1 aromatic carbocycles. The smallest absolute Gasteiger partial charge is 0.208 e. The van der Waals surface area contributed by atoms with Crippen molar-refractivity contribution in [2.75, 3.05) is 24.7 Å². The van der Waals surface area contributed by atoms with Crippen LogP contribution in [0.3, 0.4) is 0 Å². The largest absolute Gasteiger partial charge is 0.361 e. The van der Waals surface area contributed by atoms with Crippen molar-refractivity contribution in [3.05, 3.63) is 30.3 Å². The zero-order chi connectivity index (χ0) is 12.7. The Kier molecular flexibility index (Phi) is 5.33. The fraction of sp³-hybridized carbons (Fsp3) is 0.300. The topological polar surface area (TPSA) is 70.2 Å². The average molecular weight is 273 g/mol. The summed E-state index contributed by atoms with van der Waals surface area (Å²) in [5.41, 5.74) is 0.890. The normalized spacial score (nSPS) is 10.9. The van der Waals surface area contributed by atoms with Crippen LogP contribution in [0.1, 0.15) is 0 Å². The van der Waals surface area contributed by atoms with Gasteiger partial charge in [0.1, 0.15) is 0 Å². The molecule has 0 amide bonds. The number of hydrogen-bond acceptors (Lipinski definition) is 3. The SMILES string of the molecule is CS(=O)(=O)NCCNC(=S)Nc1ccccc1. The molecule has 0 heterocycles. The summed E-state index contributed by atoms with van der Waals surface area (Å²) in [6.45, 7) is 0.737. The summed E-state index contributed by atoms with van der Waals surface area (Å²) in [4.78, 5) is 0. The minimum absolute atomic E-state index is 0.301. The molecule has 0 bridgehead atoms. The highest BCUT2D eigenvalue weighted by Crippen LogP contribution is 2.03. The summed E-state index contributed by atoms with van der Waals surface area (Å²) in [5.74, 6) is 0. The Morgan fingerprint density at radius 2 is 1.88 bits per heavy atom. The summed E-state index contributed by atoms with van der Waals surface area (Å²) in [6.07, 6.45) is 1.12. The number of thiocarbonyl (C=S) groups is 1. The van der Waals surface area contributed by atoms with Gasteiger partial charge in [-0.05, 0) is 24.4 Å². The van der Waals surface area contributed by atoms with Crippen LogP contribution in [0, 0.1) is 0 Å². The van der Waals surface area contributed by atoms with Crippen molar-refractivity contribution in [3.63, 3.8) is 0 Å². The van der Waals surface area contributed by atoms with Crippen molar-refractivity contribution in [2.45, 2.75) is 0 Å². The Balaban J connectivity index is 2.23. The molecule has 0 aliphatic rings. The van der Waals surface area contributed by atoms with Crippen LogP contribution >= 0.6 is 12.2 Å². The molecule has 0 aliphatic heterocycles. The van der Waals surface area contributed by atoms with Gasteiger partial charge < -0.3 is 10.6 Å². The van der Waals surface area contributed by atoms with Gasteiger partial charge in [-0.15, -0.1) is 0 Å². The molecular weight excluding hydrogens is 258 g/mol. The predicted octanol–water partition coefficient (Wildman–Crippen LogP) is 0.522. The van der Waals surface area contributed by atoms with Gasteiger partial charge in [0.05, 0.1) is 6.26 Å². The van der Waals surface area contributed by atoms with Gasteiger partial charge in [-0.2, -0.15) is 0 Å². The van der Waals surface area contributed by atoms with Crippen LogP contribution in [0.2, 0.25) is 0 Å². The number of rotatable bonds is 5. The molecule has 0 aliphatic carbocycles. The predicted molar refractivity (Wildman–Crippen MR) is 73.5 cm³/mol. The molecule has 0 saturated carbocycles. The van der Waals surface area contributed by atoms with Crippen LogP contribution in [0.25, 0.3) is 0 Å². The number of nitrogens with one attached hydrogen (secondary N) is 3. The van der Waals surface area contributed by atoms with Gasteiger partial charge in [-0.3, -0.25) is 0 Å². The van der Waals surface area contributed by atoms with E-state index in [1.807, 2.05) is 30.3 Å². The molecule has 0 unspecified atom stereocenters. The van der Waals surface area contributed by atoms with E-state index < -0.39 is 10.0 Å². The fourth-order valence-electron chi connectivity index (χ4n) is 1.11. The Labute approximate surface area is 107 Å². The zero-order valence-electron chi connectivity index (χ0n) is 9.43. The molecule has 0 spiro atoms. The van der Waals surface area contributed by atoms with Gasteiger partial charge in [0.2, 0.25) is 10.0 Å². The first-order valence-electron chi connectivity index (χ1n) is 5.02. The third kappa shape index (κ3) is 6.88. The van der Waals surface area contributed by atoms with Crippen LogP contribution in [-0.4, -0.2) is 32.9 Å². The summed E-state index contributed by atoms with van der Waals surface area (Å²) < 4.78 is 23.9. The van der Waals surface area contributed by atoms with Crippen molar-refractivity contribution in [1.29, 1.82) is 0 Å². The lowest BCUT2D eigenvalue weighted by Crippen LogP contribution is -2.36. The molecule has 0 saturated heterocycles. The minimum Gasteiger partial charge on any atom is -0.361 e. The molecule has 7 heteroatoms. The molecule has 0 radical (unpaired) electrons. The molecule has 94 valence electrons. The van der Waals surface area contributed by atoms with Crippen LogP contribution < -0.4 is 15.4 Å². The maximum absolute atomic E-state index is 10.8.